The second-order valence-electron chi connectivity index (χ2n) is 6.70. The van der Waals surface area contributed by atoms with E-state index in [0.717, 1.165) is 44.2 Å². The van der Waals surface area contributed by atoms with Crippen molar-refractivity contribution in [3.05, 3.63) is 36.7 Å². The summed E-state index contributed by atoms with van der Waals surface area (Å²) < 4.78 is 32.1. The Morgan fingerprint density at radius 3 is 2.68 bits per heavy atom. The number of anilines is 1. The Labute approximate surface area is 160 Å². The zero-order chi connectivity index (χ0) is 19.5. The average Bonchev–Trinajstić information content (AvgIpc) is 3.11. The molecule has 1 fully saturated rings. The largest absolute Gasteiger partial charge is 0.471 e. The predicted octanol–water partition coefficient (Wildman–Crippen LogP) is 1.72. The molecular formula is C18H21F2N7O. The number of nitrogens with zero attached hydrogens (tertiary/aromatic N) is 7. The molecule has 0 aliphatic carbocycles. The molecular weight excluding hydrogens is 368 g/mol. The number of aryl methyl sites for hydroxylation is 1. The van der Waals surface area contributed by atoms with Crippen molar-refractivity contribution < 1.29 is 13.5 Å². The molecule has 0 bridgehead atoms. The van der Waals surface area contributed by atoms with E-state index in [0.29, 0.717) is 10.9 Å². The lowest BCUT2D eigenvalue weighted by molar-refractivity contribution is 0.0804. The molecule has 10 heteroatoms. The number of piperazine rings is 1. The highest BCUT2D eigenvalue weighted by atomic mass is 19.3. The van der Waals surface area contributed by atoms with E-state index in [2.05, 4.69) is 30.0 Å². The first kappa shape index (κ1) is 18.5. The molecule has 0 spiro atoms. The van der Waals surface area contributed by atoms with Crippen molar-refractivity contribution in [2.75, 3.05) is 37.7 Å². The van der Waals surface area contributed by atoms with Gasteiger partial charge in [0.2, 0.25) is 5.88 Å². The minimum atomic E-state index is -2.55. The van der Waals surface area contributed by atoms with Gasteiger partial charge in [-0.2, -0.15) is 0 Å². The molecule has 4 rings (SSSR count). The molecule has 0 radical (unpaired) electrons. The number of fused-ring (bicyclic) bond motifs is 1. The normalized spacial score (nSPS) is 15.5. The first-order valence-electron chi connectivity index (χ1n) is 9.06. The van der Waals surface area contributed by atoms with Gasteiger partial charge < -0.3 is 14.2 Å². The van der Waals surface area contributed by atoms with Crippen LogP contribution in [0, 0.1) is 0 Å². The summed E-state index contributed by atoms with van der Waals surface area (Å²) in [6, 6.07) is 5.77. The summed E-state index contributed by atoms with van der Waals surface area (Å²) >= 11 is 0. The van der Waals surface area contributed by atoms with Gasteiger partial charge in [-0.05, 0) is 18.2 Å². The maximum absolute atomic E-state index is 12.5. The first-order chi connectivity index (χ1) is 13.6. The lowest BCUT2D eigenvalue weighted by Gasteiger charge is -2.35. The topological polar surface area (TPSA) is 72.2 Å². The molecule has 0 N–H and O–H groups in total. The molecule has 2 aromatic heterocycles. The van der Waals surface area contributed by atoms with Gasteiger partial charge in [0.05, 0.1) is 17.4 Å². The van der Waals surface area contributed by atoms with Gasteiger partial charge >= 0.3 is 0 Å². The molecule has 3 aromatic rings. The van der Waals surface area contributed by atoms with Gasteiger partial charge in [-0.15, -0.1) is 10.2 Å². The van der Waals surface area contributed by atoms with Gasteiger partial charge in [0, 0.05) is 38.9 Å². The molecule has 0 atom stereocenters. The van der Waals surface area contributed by atoms with Crippen molar-refractivity contribution in [2.24, 2.45) is 7.05 Å². The number of ether oxygens (including phenoxy) is 1. The van der Waals surface area contributed by atoms with Crippen molar-refractivity contribution in [1.29, 1.82) is 0 Å². The van der Waals surface area contributed by atoms with E-state index in [-0.39, 0.29) is 5.88 Å². The second-order valence-corrected chi connectivity index (χ2v) is 6.70. The van der Waals surface area contributed by atoms with Crippen LogP contribution in [0.3, 0.4) is 0 Å². The Morgan fingerprint density at radius 2 is 1.96 bits per heavy atom. The van der Waals surface area contributed by atoms with Gasteiger partial charge in [-0.25, -0.2) is 18.7 Å². The third-order valence-corrected chi connectivity index (χ3v) is 4.84. The quantitative estimate of drug-likeness (QED) is 0.636. The second kappa shape index (κ2) is 8.01. The van der Waals surface area contributed by atoms with Crippen LogP contribution < -0.4 is 9.64 Å². The van der Waals surface area contributed by atoms with Crippen LogP contribution in [0.15, 0.2) is 30.9 Å². The van der Waals surface area contributed by atoms with Crippen LogP contribution in [0.5, 0.6) is 5.88 Å². The Kier molecular flexibility index (Phi) is 5.29. The lowest BCUT2D eigenvalue weighted by Crippen LogP contribution is -2.46. The molecule has 8 nitrogen and oxygen atoms in total. The molecule has 148 valence electrons. The molecule has 1 aromatic carbocycles. The molecule has 1 saturated heterocycles. The number of aromatic nitrogens is 5. The summed E-state index contributed by atoms with van der Waals surface area (Å²) in [5.74, 6) is 1.13. The summed E-state index contributed by atoms with van der Waals surface area (Å²) in [7, 11) is 1.94. The van der Waals surface area contributed by atoms with Crippen LogP contribution in [0.2, 0.25) is 0 Å². The minimum Gasteiger partial charge on any atom is -0.471 e. The zero-order valence-corrected chi connectivity index (χ0v) is 15.5. The lowest BCUT2D eigenvalue weighted by atomic mass is 10.2. The van der Waals surface area contributed by atoms with Crippen LogP contribution in [0.1, 0.15) is 5.82 Å². The number of rotatable bonds is 6. The monoisotopic (exact) mass is 389 g/mol. The molecule has 3 heterocycles. The minimum absolute atomic E-state index is 0.188. The number of alkyl halides is 2. The number of benzene rings is 1. The van der Waals surface area contributed by atoms with E-state index in [4.69, 9.17) is 4.74 Å². The maximum Gasteiger partial charge on any atom is 0.272 e. The standard InChI is InChI=1S/C18H21F2N7O/c1-25-12-23-24-17(25)9-26-4-6-27(7-5-26)13-2-3-15-14(8-13)18(22-11-21-15)28-10-16(19)20/h2-3,8,11-12,16H,4-7,9-10H2,1H3. The van der Waals surface area contributed by atoms with Crippen molar-refractivity contribution in [1.82, 2.24) is 29.6 Å². The van der Waals surface area contributed by atoms with E-state index in [1.165, 1.54) is 6.33 Å². The first-order valence-corrected chi connectivity index (χ1v) is 9.06. The average molecular weight is 389 g/mol. The van der Waals surface area contributed by atoms with Crippen molar-refractivity contribution in [3.63, 3.8) is 0 Å². The Bertz CT molecular complexity index is 941. The van der Waals surface area contributed by atoms with Gasteiger partial charge in [0.25, 0.3) is 6.43 Å². The van der Waals surface area contributed by atoms with E-state index >= 15 is 0 Å². The number of hydrogen-bond donors (Lipinski definition) is 0. The van der Waals surface area contributed by atoms with Crippen molar-refractivity contribution in [3.8, 4) is 5.88 Å². The van der Waals surface area contributed by atoms with Crippen LogP contribution in [-0.2, 0) is 13.6 Å². The molecule has 0 saturated carbocycles. The highest BCUT2D eigenvalue weighted by Crippen LogP contribution is 2.27. The molecule has 0 amide bonds. The van der Waals surface area contributed by atoms with Crippen LogP contribution >= 0.6 is 0 Å². The fourth-order valence-electron chi connectivity index (χ4n) is 3.29. The smallest absolute Gasteiger partial charge is 0.272 e. The number of hydrogen-bond acceptors (Lipinski definition) is 7. The van der Waals surface area contributed by atoms with E-state index in [1.54, 1.807) is 6.33 Å². The van der Waals surface area contributed by atoms with Gasteiger partial charge in [0.1, 0.15) is 18.5 Å². The summed E-state index contributed by atoms with van der Waals surface area (Å²) in [5, 5.41) is 8.70. The summed E-state index contributed by atoms with van der Waals surface area (Å²) in [6.45, 7) is 3.57. The van der Waals surface area contributed by atoms with Crippen molar-refractivity contribution in [2.45, 2.75) is 13.0 Å². The van der Waals surface area contributed by atoms with Gasteiger partial charge in [0.15, 0.2) is 6.61 Å². The molecule has 1 aliphatic heterocycles. The third-order valence-electron chi connectivity index (χ3n) is 4.84. The Morgan fingerprint density at radius 1 is 1.14 bits per heavy atom. The molecule has 28 heavy (non-hydrogen) atoms. The summed E-state index contributed by atoms with van der Waals surface area (Å²) in [5.41, 5.74) is 1.67. The van der Waals surface area contributed by atoms with E-state index < -0.39 is 13.0 Å². The van der Waals surface area contributed by atoms with Crippen LogP contribution in [-0.4, -0.2) is 68.8 Å². The highest BCUT2D eigenvalue weighted by Gasteiger charge is 2.20. The van der Waals surface area contributed by atoms with Crippen molar-refractivity contribution >= 4 is 16.6 Å². The Hall–Kier alpha value is -2.88. The number of halogens is 2. The fraction of sp³-hybridized carbons (Fsp3) is 0.444. The maximum atomic E-state index is 12.5. The van der Waals surface area contributed by atoms with Crippen LogP contribution in [0.4, 0.5) is 14.5 Å². The fourth-order valence-corrected chi connectivity index (χ4v) is 3.29. The van der Waals surface area contributed by atoms with Gasteiger partial charge in [-0.1, -0.05) is 0 Å². The zero-order valence-electron chi connectivity index (χ0n) is 15.5. The summed E-state index contributed by atoms with van der Waals surface area (Å²) in [6.07, 6.45) is 0.486. The van der Waals surface area contributed by atoms with Gasteiger partial charge in [-0.3, -0.25) is 4.90 Å². The third kappa shape index (κ3) is 4.01. The molecule has 0 unspecified atom stereocenters. The predicted molar refractivity (Wildman–Crippen MR) is 99.5 cm³/mol. The van der Waals surface area contributed by atoms with Crippen LogP contribution in [0.25, 0.3) is 10.9 Å². The SMILES string of the molecule is Cn1cnnc1CN1CCN(c2ccc3ncnc(OCC(F)F)c3c2)CC1. The summed E-state index contributed by atoms with van der Waals surface area (Å²) in [4.78, 5) is 12.8. The Balaban J connectivity index is 1.46. The van der Waals surface area contributed by atoms with E-state index in [9.17, 15) is 8.78 Å². The highest BCUT2D eigenvalue weighted by molar-refractivity contribution is 5.86. The molecule has 1 aliphatic rings. The van der Waals surface area contributed by atoms with E-state index in [1.807, 2.05) is 29.8 Å².